The fraction of sp³-hybridized carbons (Fsp3) is 0.478. The molecule has 1 heterocycles. The van der Waals surface area contributed by atoms with Crippen molar-refractivity contribution < 1.29 is 13.9 Å². The van der Waals surface area contributed by atoms with Gasteiger partial charge in [0.05, 0.1) is 22.9 Å². The van der Waals surface area contributed by atoms with E-state index < -0.39 is 5.82 Å². The number of carbonyl (C=O) groups excluding carboxylic acids is 1. The van der Waals surface area contributed by atoms with Crippen molar-refractivity contribution in [2.45, 2.75) is 64.2 Å². The first kappa shape index (κ1) is 20.9. The predicted octanol–water partition coefficient (Wildman–Crippen LogP) is 5.10. The van der Waals surface area contributed by atoms with E-state index in [1.54, 1.807) is 6.07 Å². The van der Waals surface area contributed by atoms with Crippen LogP contribution in [0.4, 0.5) is 4.39 Å². The van der Waals surface area contributed by atoms with Crippen LogP contribution in [-0.2, 0) is 11.2 Å². The van der Waals surface area contributed by atoms with Gasteiger partial charge in [0.1, 0.15) is 17.6 Å². The molecule has 1 aliphatic rings. The Balaban J connectivity index is 1.50. The van der Waals surface area contributed by atoms with Crippen LogP contribution in [0.3, 0.4) is 0 Å². The zero-order valence-corrected chi connectivity index (χ0v) is 16.7. The van der Waals surface area contributed by atoms with Gasteiger partial charge in [0.2, 0.25) is 0 Å². The van der Waals surface area contributed by atoms with Crippen LogP contribution in [0, 0.1) is 23.1 Å². The maximum Gasteiger partial charge on any atom is 0.314 e. The molecule has 1 fully saturated rings. The molecule has 0 bridgehead atoms. The van der Waals surface area contributed by atoms with E-state index in [1.165, 1.54) is 25.0 Å². The average molecular weight is 395 g/mol. The molecule has 0 amide bonds. The highest BCUT2D eigenvalue weighted by Crippen LogP contribution is 2.35. The molecule has 1 aliphatic carbocycles. The second kappa shape index (κ2) is 10.1. The number of esters is 1. The third kappa shape index (κ3) is 5.60. The van der Waals surface area contributed by atoms with Crippen molar-refractivity contribution in [3.63, 3.8) is 0 Å². The largest absolute Gasteiger partial charge is 0.426 e. The molecule has 0 aliphatic heterocycles. The summed E-state index contributed by atoms with van der Waals surface area (Å²) in [6.07, 6.45) is 7.63. The van der Waals surface area contributed by atoms with Crippen LogP contribution in [0.1, 0.15) is 74.7 Å². The van der Waals surface area contributed by atoms with Gasteiger partial charge in [-0.15, -0.1) is 0 Å². The van der Waals surface area contributed by atoms with Gasteiger partial charge in [-0.25, -0.2) is 4.39 Å². The van der Waals surface area contributed by atoms with Gasteiger partial charge in [0.15, 0.2) is 0 Å². The fourth-order valence-electron chi connectivity index (χ4n) is 3.75. The molecule has 1 aromatic carbocycles. The Morgan fingerprint density at radius 1 is 1.17 bits per heavy atom. The van der Waals surface area contributed by atoms with Crippen LogP contribution in [-0.4, -0.2) is 16.2 Å². The molecular weight excluding hydrogens is 369 g/mol. The van der Waals surface area contributed by atoms with E-state index in [0.717, 1.165) is 43.1 Å². The Morgan fingerprint density at radius 3 is 2.59 bits per heavy atom. The summed E-state index contributed by atoms with van der Waals surface area (Å²) in [4.78, 5) is 12.4. The smallest absolute Gasteiger partial charge is 0.314 e. The van der Waals surface area contributed by atoms with Crippen molar-refractivity contribution in [3.05, 3.63) is 53.1 Å². The molecule has 0 atom stereocenters. The van der Waals surface area contributed by atoms with Gasteiger partial charge in [-0.1, -0.05) is 19.8 Å². The van der Waals surface area contributed by atoms with Crippen LogP contribution >= 0.6 is 0 Å². The molecule has 2 aromatic rings. The van der Waals surface area contributed by atoms with Crippen LogP contribution in [0.15, 0.2) is 30.3 Å². The minimum absolute atomic E-state index is 0.0669. The number of unbranched alkanes of at least 4 members (excludes halogenated alkanes) is 2. The minimum atomic E-state index is -0.682. The number of halogens is 1. The van der Waals surface area contributed by atoms with E-state index in [2.05, 4.69) is 29.3 Å². The van der Waals surface area contributed by atoms with E-state index in [1.807, 2.05) is 0 Å². The summed E-state index contributed by atoms with van der Waals surface area (Å²) in [7, 11) is 0. The number of rotatable bonds is 7. The van der Waals surface area contributed by atoms with Gasteiger partial charge in [0, 0.05) is 12.0 Å². The molecular formula is C23H26FN3O2. The van der Waals surface area contributed by atoms with Crippen LogP contribution in [0.25, 0.3) is 0 Å². The topological polar surface area (TPSA) is 75.9 Å². The van der Waals surface area contributed by atoms with Gasteiger partial charge in [0.25, 0.3) is 0 Å². The Kier molecular flexibility index (Phi) is 7.29. The number of carbonyl (C=O) groups is 1. The lowest BCUT2D eigenvalue weighted by molar-refractivity contribution is -0.140. The second-order valence-electron chi connectivity index (χ2n) is 7.63. The van der Waals surface area contributed by atoms with Gasteiger partial charge >= 0.3 is 5.97 Å². The zero-order valence-electron chi connectivity index (χ0n) is 16.7. The molecule has 0 radical (unpaired) electrons. The third-order valence-corrected chi connectivity index (χ3v) is 5.54. The van der Waals surface area contributed by atoms with Crippen molar-refractivity contribution in [2.24, 2.45) is 5.92 Å². The van der Waals surface area contributed by atoms with Gasteiger partial charge in [-0.2, -0.15) is 15.5 Å². The molecule has 1 saturated carbocycles. The fourth-order valence-corrected chi connectivity index (χ4v) is 3.75. The van der Waals surface area contributed by atoms with Gasteiger partial charge < -0.3 is 4.74 Å². The molecule has 1 aromatic heterocycles. The first-order chi connectivity index (χ1) is 14.1. The second-order valence-corrected chi connectivity index (χ2v) is 7.63. The first-order valence-electron chi connectivity index (χ1n) is 10.3. The van der Waals surface area contributed by atoms with Crippen molar-refractivity contribution in [2.75, 3.05) is 0 Å². The van der Waals surface area contributed by atoms with Crippen molar-refractivity contribution in [1.82, 2.24) is 10.2 Å². The number of hydrogen-bond acceptors (Lipinski definition) is 5. The van der Waals surface area contributed by atoms with Gasteiger partial charge in [-0.05, 0) is 62.8 Å². The first-order valence-corrected chi connectivity index (χ1v) is 10.3. The summed E-state index contributed by atoms with van der Waals surface area (Å²) in [6, 6.07) is 9.73. The number of benzene rings is 1. The number of nitriles is 1. The number of nitrogens with zero attached hydrogens (tertiary/aromatic N) is 3. The highest BCUT2D eigenvalue weighted by Gasteiger charge is 2.29. The molecule has 0 N–H and O–H groups in total. The molecule has 29 heavy (non-hydrogen) atoms. The summed E-state index contributed by atoms with van der Waals surface area (Å²) < 4.78 is 19.0. The predicted molar refractivity (Wildman–Crippen MR) is 107 cm³/mol. The monoisotopic (exact) mass is 395 g/mol. The highest BCUT2D eigenvalue weighted by atomic mass is 19.1. The molecule has 0 saturated heterocycles. The Bertz CT molecular complexity index is 869. The average Bonchev–Trinajstić information content (AvgIpc) is 2.75. The van der Waals surface area contributed by atoms with Crippen LogP contribution < -0.4 is 4.74 Å². The zero-order chi connectivity index (χ0) is 20.6. The Labute approximate surface area is 170 Å². The third-order valence-electron chi connectivity index (χ3n) is 5.54. The van der Waals surface area contributed by atoms with E-state index in [-0.39, 0.29) is 23.2 Å². The van der Waals surface area contributed by atoms with Crippen LogP contribution in [0.5, 0.6) is 5.75 Å². The Morgan fingerprint density at radius 2 is 1.97 bits per heavy atom. The molecule has 0 spiro atoms. The normalized spacial score (nSPS) is 18.8. The van der Waals surface area contributed by atoms with E-state index >= 15 is 0 Å². The molecule has 0 unspecified atom stereocenters. The lowest BCUT2D eigenvalue weighted by Gasteiger charge is -2.26. The summed E-state index contributed by atoms with van der Waals surface area (Å²) in [5.74, 6) is -0.781. The van der Waals surface area contributed by atoms with Crippen LogP contribution in [0.2, 0.25) is 0 Å². The molecule has 152 valence electrons. The maximum absolute atomic E-state index is 13.7. The van der Waals surface area contributed by atoms with Gasteiger partial charge in [-0.3, -0.25) is 4.79 Å². The lowest BCUT2D eigenvalue weighted by atomic mass is 9.80. The molecule has 5 nitrogen and oxygen atoms in total. The summed E-state index contributed by atoms with van der Waals surface area (Å²) in [5, 5.41) is 17.5. The highest BCUT2D eigenvalue weighted by molar-refractivity contribution is 5.75. The SMILES string of the molecule is CCCCCc1ccc(C2CCC(C(=O)Oc3ccc(C#N)c(F)c3)CC2)nn1. The van der Waals surface area contributed by atoms with Crippen molar-refractivity contribution in [3.8, 4) is 11.8 Å². The van der Waals surface area contributed by atoms with Crippen molar-refractivity contribution >= 4 is 5.97 Å². The number of aromatic nitrogens is 2. The molecule has 3 rings (SSSR count). The summed E-state index contributed by atoms with van der Waals surface area (Å²) in [5.41, 5.74) is 1.96. The quantitative estimate of drug-likeness (QED) is 0.370. The maximum atomic E-state index is 13.7. The number of ether oxygens (including phenoxy) is 1. The van der Waals surface area contributed by atoms with E-state index in [4.69, 9.17) is 10.00 Å². The minimum Gasteiger partial charge on any atom is -0.426 e. The Hall–Kier alpha value is -2.81. The lowest BCUT2D eigenvalue weighted by Crippen LogP contribution is -2.25. The van der Waals surface area contributed by atoms with Crippen molar-refractivity contribution in [1.29, 1.82) is 5.26 Å². The summed E-state index contributed by atoms with van der Waals surface area (Å²) in [6.45, 7) is 2.18. The van der Waals surface area contributed by atoms with E-state index in [0.29, 0.717) is 18.8 Å². The summed E-state index contributed by atoms with van der Waals surface area (Å²) >= 11 is 0. The van der Waals surface area contributed by atoms with E-state index in [9.17, 15) is 9.18 Å². The number of hydrogen-bond donors (Lipinski definition) is 0. The standard InChI is InChI=1S/C23H26FN3O2/c1-2-3-4-5-19-11-13-22(27-26-19)16-6-8-17(9-7-16)23(28)29-20-12-10-18(15-25)21(24)14-20/h10-14,16-17H,2-9H2,1H3. The number of aryl methyl sites for hydroxylation is 1. The molecule has 6 heteroatoms.